The molecule has 0 aliphatic carbocycles. The van der Waals surface area contributed by atoms with Crippen LogP contribution in [-0.2, 0) is 0 Å². The van der Waals surface area contributed by atoms with Crippen molar-refractivity contribution in [3.63, 3.8) is 0 Å². The molecule has 0 atom stereocenters. The molecular weight excluding hydrogens is 301 g/mol. The number of carbonyl (C=O) groups excluding carboxylic acids is 1. The van der Waals surface area contributed by atoms with Crippen molar-refractivity contribution in [3.8, 4) is 0 Å². The first-order valence-corrected chi connectivity index (χ1v) is 6.00. The second kappa shape index (κ2) is 4.10. The molecule has 0 aliphatic heterocycles. The molecule has 3 nitrogen and oxygen atoms in total. The summed E-state index contributed by atoms with van der Waals surface area (Å²) in [5, 5.41) is 0.563. The van der Waals surface area contributed by atoms with Gasteiger partial charge in [-0.05, 0) is 40.2 Å². The van der Waals surface area contributed by atoms with Gasteiger partial charge in [-0.1, -0.05) is 0 Å². The van der Waals surface area contributed by atoms with Gasteiger partial charge in [0.15, 0.2) is 10.5 Å². The Morgan fingerprint density at radius 1 is 1.28 bits per heavy atom. The van der Waals surface area contributed by atoms with Gasteiger partial charge in [-0.3, -0.25) is 4.79 Å². The van der Waals surface area contributed by atoms with E-state index in [1.807, 2.05) is 0 Å². The molecule has 2 aromatic heterocycles. The Balaban J connectivity index is 2.18. The number of benzene rings is 1. The zero-order valence-corrected chi connectivity index (χ0v) is 10.6. The van der Waals surface area contributed by atoms with Gasteiger partial charge >= 0.3 is 0 Å². The molecule has 0 unspecified atom stereocenters. The standard InChI is InChI=1S/C13H7BrFNO2/c14-13-8(3-4-18-13)12(17)10-6-16-11-2-1-7(15)5-9(10)11/h1-6,16H. The first kappa shape index (κ1) is 11.2. The fourth-order valence-corrected chi connectivity index (χ4v) is 2.30. The van der Waals surface area contributed by atoms with E-state index >= 15 is 0 Å². The van der Waals surface area contributed by atoms with E-state index in [1.54, 1.807) is 18.3 Å². The fourth-order valence-electron chi connectivity index (χ4n) is 1.88. The topological polar surface area (TPSA) is 46.0 Å². The minimum atomic E-state index is -0.373. The van der Waals surface area contributed by atoms with Gasteiger partial charge in [0.05, 0.1) is 11.8 Å². The van der Waals surface area contributed by atoms with Crippen LogP contribution < -0.4 is 0 Å². The Bertz CT molecular complexity index is 744. The highest BCUT2D eigenvalue weighted by Crippen LogP contribution is 2.26. The van der Waals surface area contributed by atoms with Crippen molar-refractivity contribution in [2.45, 2.75) is 0 Å². The number of furan rings is 1. The molecule has 0 saturated heterocycles. The van der Waals surface area contributed by atoms with Gasteiger partial charge in [0.1, 0.15) is 5.82 Å². The lowest BCUT2D eigenvalue weighted by Gasteiger charge is -1.97. The lowest BCUT2D eigenvalue weighted by atomic mass is 10.1. The van der Waals surface area contributed by atoms with Crippen LogP contribution in [0.1, 0.15) is 15.9 Å². The van der Waals surface area contributed by atoms with Gasteiger partial charge in [0.2, 0.25) is 0 Å². The average molecular weight is 308 g/mol. The maximum absolute atomic E-state index is 13.2. The van der Waals surface area contributed by atoms with Crippen LogP contribution in [0.4, 0.5) is 4.39 Å². The van der Waals surface area contributed by atoms with Crippen molar-refractivity contribution < 1.29 is 13.6 Å². The molecule has 3 rings (SSSR count). The second-order valence-corrected chi connectivity index (χ2v) is 4.55. The summed E-state index contributed by atoms with van der Waals surface area (Å²) >= 11 is 3.16. The zero-order chi connectivity index (χ0) is 12.7. The number of hydrogen-bond donors (Lipinski definition) is 1. The first-order chi connectivity index (χ1) is 8.66. The zero-order valence-electron chi connectivity index (χ0n) is 9.04. The molecule has 1 aromatic carbocycles. The summed E-state index contributed by atoms with van der Waals surface area (Å²) in [6.45, 7) is 0. The van der Waals surface area contributed by atoms with E-state index in [9.17, 15) is 9.18 Å². The van der Waals surface area contributed by atoms with E-state index in [-0.39, 0.29) is 11.6 Å². The van der Waals surface area contributed by atoms with Gasteiger partial charge in [0, 0.05) is 22.7 Å². The van der Waals surface area contributed by atoms with Crippen molar-refractivity contribution in [3.05, 3.63) is 58.3 Å². The van der Waals surface area contributed by atoms with Crippen LogP contribution in [0.15, 0.2) is 45.8 Å². The van der Waals surface area contributed by atoms with Crippen molar-refractivity contribution in [1.82, 2.24) is 4.98 Å². The summed E-state index contributed by atoms with van der Waals surface area (Å²) in [4.78, 5) is 15.2. The molecule has 18 heavy (non-hydrogen) atoms. The Morgan fingerprint density at radius 3 is 2.83 bits per heavy atom. The van der Waals surface area contributed by atoms with Crippen LogP contribution in [0, 0.1) is 5.82 Å². The lowest BCUT2D eigenvalue weighted by molar-refractivity contribution is 0.103. The normalized spacial score (nSPS) is 11.0. The van der Waals surface area contributed by atoms with Crippen LogP contribution in [-0.4, -0.2) is 10.8 Å². The quantitative estimate of drug-likeness (QED) is 0.730. The van der Waals surface area contributed by atoms with Gasteiger partial charge in [0.25, 0.3) is 0 Å². The summed E-state index contributed by atoms with van der Waals surface area (Å²) in [6, 6.07) is 5.87. The Labute approximate surface area is 110 Å². The summed E-state index contributed by atoms with van der Waals surface area (Å²) in [5.74, 6) is -0.588. The number of rotatable bonds is 2. The summed E-state index contributed by atoms with van der Waals surface area (Å²) in [5.41, 5.74) is 1.56. The van der Waals surface area contributed by atoms with E-state index in [0.29, 0.717) is 21.2 Å². The van der Waals surface area contributed by atoms with Crippen molar-refractivity contribution in [2.75, 3.05) is 0 Å². The van der Waals surface area contributed by atoms with Crippen LogP contribution in [0.5, 0.6) is 0 Å². The highest BCUT2D eigenvalue weighted by molar-refractivity contribution is 9.10. The Morgan fingerprint density at radius 2 is 2.11 bits per heavy atom. The lowest BCUT2D eigenvalue weighted by Crippen LogP contribution is -1.99. The number of halogens is 2. The highest BCUT2D eigenvalue weighted by Gasteiger charge is 2.18. The molecule has 90 valence electrons. The number of carbonyl (C=O) groups is 1. The third-order valence-electron chi connectivity index (χ3n) is 2.75. The SMILES string of the molecule is O=C(c1ccoc1Br)c1c[nH]c2ccc(F)cc12. The highest BCUT2D eigenvalue weighted by atomic mass is 79.9. The van der Waals surface area contributed by atoms with Crippen molar-refractivity contribution in [2.24, 2.45) is 0 Å². The molecule has 0 aliphatic rings. The monoisotopic (exact) mass is 307 g/mol. The predicted octanol–water partition coefficient (Wildman–Crippen LogP) is 3.89. The van der Waals surface area contributed by atoms with Crippen LogP contribution >= 0.6 is 15.9 Å². The largest absolute Gasteiger partial charge is 0.457 e. The third-order valence-corrected chi connectivity index (χ3v) is 3.37. The smallest absolute Gasteiger partial charge is 0.199 e. The molecule has 1 N–H and O–H groups in total. The summed E-state index contributed by atoms with van der Waals surface area (Å²) in [6.07, 6.45) is 3.00. The van der Waals surface area contributed by atoms with E-state index in [2.05, 4.69) is 20.9 Å². The molecule has 0 spiro atoms. The van der Waals surface area contributed by atoms with Crippen molar-refractivity contribution >= 4 is 32.6 Å². The van der Waals surface area contributed by atoms with E-state index < -0.39 is 0 Å². The minimum Gasteiger partial charge on any atom is -0.457 e. The Kier molecular flexibility index (Phi) is 2.56. The van der Waals surface area contributed by atoms with E-state index in [0.717, 1.165) is 5.52 Å². The number of nitrogens with one attached hydrogen (secondary N) is 1. The molecule has 0 fully saturated rings. The Hall–Kier alpha value is -1.88. The van der Waals surface area contributed by atoms with Gasteiger partial charge < -0.3 is 9.40 Å². The second-order valence-electron chi connectivity index (χ2n) is 3.83. The molecule has 3 aromatic rings. The number of aromatic amines is 1. The van der Waals surface area contributed by atoms with Crippen LogP contribution in [0.3, 0.4) is 0 Å². The molecule has 0 saturated carbocycles. The van der Waals surface area contributed by atoms with E-state index in [4.69, 9.17) is 4.42 Å². The van der Waals surface area contributed by atoms with Crippen LogP contribution in [0.25, 0.3) is 10.9 Å². The van der Waals surface area contributed by atoms with Gasteiger partial charge in [-0.15, -0.1) is 0 Å². The predicted molar refractivity (Wildman–Crippen MR) is 68.1 cm³/mol. The summed E-state index contributed by atoms with van der Waals surface area (Å²) in [7, 11) is 0. The maximum atomic E-state index is 13.2. The fraction of sp³-hybridized carbons (Fsp3) is 0. The van der Waals surface area contributed by atoms with Gasteiger partial charge in [-0.25, -0.2) is 4.39 Å². The number of H-pyrrole nitrogens is 1. The first-order valence-electron chi connectivity index (χ1n) is 5.21. The molecule has 2 heterocycles. The number of fused-ring (bicyclic) bond motifs is 1. The molecular formula is C13H7BrFNO2. The van der Waals surface area contributed by atoms with E-state index in [1.165, 1.54) is 18.4 Å². The number of aromatic nitrogens is 1. The number of ketones is 1. The average Bonchev–Trinajstić information content (AvgIpc) is 2.94. The molecule has 0 bridgehead atoms. The van der Waals surface area contributed by atoms with Crippen molar-refractivity contribution in [1.29, 1.82) is 0 Å². The minimum absolute atomic E-state index is 0.215. The number of hydrogen-bond acceptors (Lipinski definition) is 2. The molecule has 0 amide bonds. The van der Waals surface area contributed by atoms with Gasteiger partial charge in [-0.2, -0.15) is 0 Å². The maximum Gasteiger partial charge on any atom is 0.199 e. The van der Waals surface area contributed by atoms with Crippen LogP contribution in [0.2, 0.25) is 0 Å². The molecule has 5 heteroatoms. The third kappa shape index (κ3) is 1.67. The summed E-state index contributed by atoms with van der Waals surface area (Å²) < 4.78 is 18.6. The molecule has 0 radical (unpaired) electrons.